The van der Waals surface area contributed by atoms with E-state index in [2.05, 4.69) is 25.4 Å². The van der Waals surface area contributed by atoms with Gasteiger partial charge in [0.1, 0.15) is 39.2 Å². The lowest BCUT2D eigenvalue weighted by molar-refractivity contribution is -0.188. The molecule has 6 rings (SSSR count). The summed E-state index contributed by atoms with van der Waals surface area (Å²) in [7, 11) is 30.2. The lowest BCUT2D eigenvalue weighted by atomic mass is 9.76. The van der Waals surface area contributed by atoms with E-state index in [1.54, 1.807) is 18.2 Å². The SMILES string of the molecule is [B]c1c(C(F)(F)F)c(C(F)(F)F)c(C(F)(F)F)c(C(F)(F)F)c1C(F)(F)F.[B]c1c(Cl)c(Cl)c(Cl)c(Cl)c1Cl.[B]c1c(F)c(F)c(F)c(F)c1F.[B]c1c([N+]#[C-])c(C#N)c(C#N)c(C#N)c1[N+]#[C-].[B]c1cc(F)c(F)c(F)c1.[B]c1ccccc1. The highest BCUT2D eigenvalue weighted by Crippen LogP contribution is 2.53. The Morgan fingerprint density at radius 2 is 0.635 bits per heavy atom. The van der Waals surface area contributed by atoms with Crippen LogP contribution in [0.4, 0.5) is 112 Å². The van der Waals surface area contributed by atoms with Gasteiger partial charge in [-0.1, -0.05) is 116 Å². The van der Waals surface area contributed by atoms with E-state index in [0.29, 0.717) is 0 Å². The average Bonchev–Trinajstić information content (AvgIpc) is 0.883. The number of rotatable bonds is 0. The fraction of sp³-hybridized carbons (Fsp3) is 0.109. The molecule has 0 aromatic heterocycles. The molecule has 0 aliphatic carbocycles. The number of nitriles is 3. The first-order valence-corrected chi connectivity index (χ1v) is 22.0. The molecular formula is C46H7B6Cl5F23N5. The minimum atomic E-state index is -6.90. The largest absolute Gasteiger partial charge is 0.417 e. The van der Waals surface area contributed by atoms with Crippen molar-refractivity contribution in [2.24, 2.45) is 0 Å². The predicted molar refractivity (Wildman–Crippen MR) is 267 cm³/mol. The van der Waals surface area contributed by atoms with Crippen LogP contribution in [-0.4, -0.2) is 47.1 Å². The zero-order chi connectivity index (χ0) is 66.7. The quantitative estimate of drug-likeness (QED) is 0.0500. The third kappa shape index (κ3) is 18.5. The van der Waals surface area contributed by atoms with Gasteiger partial charge in [0, 0.05) is 0 Å². The summed E-state index contributed by atoms with van der Waals surface area (Å²) in [5, 5.41) is 27.2. The summed E-state index contributed by atoms with van der Waals surface area (Å²) in [5.41, 5.74) is -24.9. The highest BCUT2D eigenvalue weighted by Gasteiger charge is 2.59. The van der Waals surface area contributed by atoms with E-state index >= 15 is 0 Å². The van der Waals surface area contributed by atoms with Gasteiger partial charge < -0.3 is 0 Å². The zero-order valence-corrected chi connectivity index (χ0v) is 43.6. The molecule has 430 valence electrons. The standard InChI is InChI=1S/C11BF15.C11BN5.C6BCl5.C6BF5.C6H2BF3.C6H5B/c12-6-4(10(22,23)24)2(8(16,17)18)1(7(13,14)15)3(9(19,20)21)5(6)11(25,26)27;1-16-10-7(4-14)6(3-13)8(5-15)11(17-2)9(10)12;2*7-1-2(8)4(10)6(12)5(11)3(1)9;7-3-1-4(8)6(10)5(9)2-3;7-6-4-2-1-3-5-6/h;;;;1-2H;1-5H. The summed E-state index contributed by atoms with van der Waals surface area (Å²) < 4.78 is 290. The van der Waals surface area contributed by atoms with Gasteiger partial charge in [-0.2, -0.15) is 81.6 Å². The molecule has 12 radical (unpaired) electrons. The number of halogens is 28. The summed E-state index contributed by atoms with van der Waals surface area (Å²) in [6, 6.07) is 15.9. The van der Waals surface area contributed by atoms with Crippen LogP contribution in [0.2, 0.25) is 25.1 Å². The molecule has 0 heterocycles. The second-order valence-electron chi connectivity index (χ2n) is 14.7. The van der Waals surface area contributed by atoms with Crippen LogP contribution in [0.5, 0.6) is 0 Å². The number of hydrogen-bond acceptors (Lipinski definition) is 3. The monoisotopic (exact) mass is 1310 g/mol. The van der Waals surface area contributed by atoms with Crippen LogP contribution in [-0.2, 0) is 30.9 Å². The summed E-state index contributed by atoms with van der Waals surface area (Å²) in [6.07, 6.45) is -33.7. The highest BCUT2D eigenvalue weighted by molar-refractivity contribution is 6.61. The van der Waals surface area contributed by atoms with Crippen molar-refractivity contribution in [3.8, 4) is 18.2 Å². The van der Waals surface area contributed by atoms with E-state index < -0.39 is 116 Å². The van der Waals surface area contributed by atoms with Gasteiger partial charge in [0.2, 0.25) is 0 Å². The van der Waals surface area contributed by atoms with Gasteiger partial charge in [0.25, 0.3) is 0 Å². The zero-order valence-electron chi connectivity index (χ0n) is 39.8. The fourth-order valence-electron chi connectivity index (χ4n) is 5.79. The first kappa shape index (κ1) is 76.0. The first-order chi connectivity index (χ1) is 38.6. The molecule has 0 amide bonds. The molecule has 0 saturated carbocycles. The Morgan fingerprint density at radius 1 is 0.353 bits per heavy atom. The van der Waals surface area contributed by atoms with Crippen LogP contribution in [0.15, 0.2) is 42.5 Å². The number of alkyl halides is 15. The normalized spacial score (nSPS) is 11.0. The van der Waals surface area contributed by atoms with Gasteiger partial charge in [-0.15, -0.1) is 0 Å². The van der Waals surface area contributed by atoms with Crippen molar-refractivity contribution >= 4 is 149 Å². The Hall–Kier alpha value is -7.00. The maximum Gasteiger partial charge on any atom is 0.417 e. The third-order valence-corrected chi connectivity index (χ3v) is 11.6. The molecule has 0 bridgehead atoms. The van der Waals surface area contributed by atoms with E-state index in [4.69, 9.17) is 118 Å². The molecule has 0 aliphatic heterocycles. The summed E-state index contributed by atoms with van der Waals surface area (Å²) in [5.74, 6) is -14.3. The summed E-state index contributed by atoms with van der Waals surface area (Å²) in [6.45, 7) is 13.8. The molecule has 6 aromatic rings. The molecule has 0 N–H and O–H groups in total. The summed E-state index contributed by atoms with van der Waals surface area (Å²) in [4.78, 5) is 6.06. The predicted octanol–water partition coefficient (Wildman–Crippen LogP) is 13.1. The van der Waals surface area contributed by atoms with Crippen LogP contribution in [0.25, 0.3) is 9.69 Å². The van der Waals surface area contributed by atoms with Crippen LogP contribution in [0, 0.1) is 93.7 Å². The average molecular weight is 1310 g/mol. The molecule has 0 fully saturated rings. The molecule has 0 atom stereocenters. The number of benzene rings is 6. The summed E-state index contributed by atoms with van der Waals surface area (Å²) >= 11 is 28.4. The van der Waals surface area contributed by atoms with E-state index in [9.17, 15) is 101 Å². The lowest BCUT2D eigenvalue weighted by Gasteiger charge is -2.29. The minimum absolute atomic E-state index is 0.113. The van der Waals surface area contributed by atoms with Crippen molar-refractivity contribution in [3.05, 3.63) is 181 Å². The van der Waals surface area contributed by atoms with E-state index in [1.807, 2.05) is 30.3 Å². The Bertz CT molecular complexity index is 3330. The first-order valence-electron chi connectivity index (χ1n) is 20.2. The van der Waals surface area contributed by atoms with Crippen molar-refractivity contribution in [1.82, 2.24) is 0 Å². The van der Waals surface area contributed by atoms with Gasteiger partial charge in [0.05, 0.1) is 109 Å². The number of hydrogen-bond donors (Lipinski definition) is 0. The van der Waals surface area contributed by atoms with Crippen LogP contribution in [0.3, 0.4) is 0 Å². The Labute approximate surface area is 494 Å². The maximum atomic E-state index is 12.9. The second kappa shape index (κ2) is 29.9. The van der Waals surface area contributed by atoms with E-state index in [0.717, 1.165) is 17.6 Å². The molecule has 39 heteroatoms. The van der Waals surface area contributed by atoms with Crippen molar-refractivity contribution in [2.75, 3.05) is 0 Å². The Balaban J connectivity index is 0.000000539. The molecule has 0 saturated heterocycles. The molecular weight excluding hydrogens is 1300 g/mol. The van der Waals surface area contributed by atoms with Gasteiger partial charge in [0.15, 0.2) is 57.9 Å². The highest BCUT2D eigenvalue weighted by atomic mass is 35.5. The van der Waals surface area contributed by atoms with Gasteiger partial charge in [-0.25, -0.2) is 44.8 Å². The lowest BCUT2D eigenvalue weighted by Crippen LogP contribution is -2.39. The molecule has 6 aromatic carbocycles. The minimum Gasteiger partial charge on any atom is -0.239 e. The van der Waals surface area contributed by atoms with Crippen LogP contribution < -0.4 is 32.8 Å². The Morgan fingerprint density at radius 3 is 0.894 bits per heavy atom. The second-order valence-corrected chi connectivity index (χ2v) is 16.6. The Kier molecular flexibility index (Phi) is 26.7. The van der Waals surface area contributed by atoms with Crippen molar-refractivity contribution < 1.29 is 101 Å². The van der Waals surface area contributed by atoms with Crippen molar-refractivity contribution in [1.29, 1.82) is 15.8 Å². The van der Waals surface area contributed by atoms with Crippen LogP contribution in [0.1, 0.15) is 44.5 Å². The van der Waals surface area contributed by atoms with Gasteiger partial charge >= 0.3 is 30.9 Å². The van der Waals surface area contributed by atoms with Crippen molar-refractivity contribution in [3.63, 3.8) is 0 Å². The molecule has 0 aliphatic rings. The maximum absolute atomic E-state index is 12.9. The fourth-order valence-corrected chi connectivity index (χ4v) is 6.94. The topological polar surface area (TPSA) is 80.1 Å². The molecule has 0 unspecified atom stereocenters. The van der Waals surface area contributed by atoms with Crippen LogP contribution >= 0.6 is 58.0 Å². The van der Waals surface area contributed by atoms with Gasteiger partial charge in [-0.3, -0.25) is 0 Å². The van der Waals surface area contributed by atoms with Gasteiger partial charge in [-0.05, 0) is 17.6 Å². The molecule has 5 nitrogen and oxygen atoms in total. The molecule has 85 heavy (non-hydrogen) atoms. The van der Waals surface area contributed by atoms with E-state index in [1.165, 1.54) is 0 Å². The van der Waals surface area contributed by atoms with E-state index in [-0.39, 0.29) is 69.6 Å². The number of nitrogens with zero attached hydrogens (tertiary/aromatic N) is 5. The smallest absolute Gasteiger partial charge is 0.239 e. The van der Waals surface area contributed by atoms with Crippen molar-refractivity contribution in [2.45, 2.75) is 30.9 Å². The third-order valence-electron chi connectivity index (χ3n) is 9.29. The molecule has 0 spiro atoms.